The molecule has 2 aliphatic heterocycles. The van der Waals surface area contributed by atoms with E-state index in [1.165, 1.54) is 37.2 Å². The van der Waals surface area contributed by atoms with Gasteiger partial charge in [0.25, 0.3) is 0 Å². The standard InChI is InChI=1S/C32H41BrN9OP/c1-6-34-21-18-42(19-21)22-9-13-41(14-10-22)27-16-28(43-3)26(15-20(27)2)39-32-37-17-23(33)31(40-32)38-25-8-7-24-29(30(25)44(4)5)36-12-11-35-24/h7-8,11-12,15-17,21-22,34H,6,9-10,13-14,18-19H2,1-5H3,(H2,37,38,39,40). The lowest BCUT2D eigenvalue weighted by atomic mass is 9.96. The number of hydrogen-bond donors (Lipinski definition) is 3. The quantitative estimate of drug-likeness (QED) is 0.183. The average Bonchev–Trinajstić information content (AvgIpc) is 3.00. The van der Waals surface area contributed by atoms with Crippen LogP contribution in [-0.2, 0) is 0 Å². The van der Waals surface area contributed by atoms with Crippen molar-refractivity contribution in [2.45, 2.75) is 38.8 Å². The molecule has 4 aromatic rings. The summed E-state index contributed by atoms with van der Waals surface area (Å²) in [5.41, 5.74) is 6.02. The molecular formula is C32H41BrN9OP. The van der Waals surface area contributed by atoms with Crippen LogP contribution in [0.3, 0.4) is 0 Å². The number of fused-ring (bicyclic) bond motifs is 1. The van der Waals surface area contributed by atoms with Crippen LogP contribution in [-0.4, -0.2) is 90.1 Å². The van der Waals surface area contributed by atoms with Gasteiger partial charge in [-0.2, -0.15) is 4.98 Å². The second kappa shape index (κ2) is 13.5. The van der Waals surface area contributed by atoms with Crippen molar-refractivity contribution < 1.29 is 4.74 Å². The fourth-order valence-electron chi connectivity index (χ4n) is 6.32. The summed E-state index contributed by atoms with van der Waals surface area (Å²) in [6.07, 6.45) is 7.60. The van der Waals surface area contributed by atoms with E-state index in [9.17, 15) is 0 Å². The number of aryl methyl sites for hydroxylation is 1. The van der Waals surface area contributed by atoms with E-state index in [1.54, 1.807) is 25.7 Å². The zero-order valence-electron chi connectivity index (χ0n) is 26.1. The second-order valence-corrected chi connectivity index (χ2v) is 14.8. The molecule has 6 rings (SSSR count). The predicted molar refractivity (Wildman–Crippen MR) is 186 cm³/mol. The molecule has 10 nitrogen and oxygen atoms in total. The van der Waals surface area contributed by atoms with Crippen LogP contribution in [0, 0.1) is 6.92 Å². The van der Waals surface area contributed by atoms with Gasteiger partial charge in [0.15, 0.2) is 0 Å². The van der Waals surface area contributed by atoms with E-state index in [2.05, 4.69) is 95.9 Å². The zero-order chi connectivity index (χ0) is 30.8. The van der Waals surface area contributed by atoms with Crippen LogP contribution in [0.1, 0.15) is 25.3 Å². The number of hydrogen-bond acceptors (Lipinski definition) is 10. The van der Waals surface area contributed by atoms with E-state index < -0.39 is 7.92 Å². The van der Waals surface area contributed by atoms with E-state index in [1.807, 2.05) is 12.1 Å². The third-order valence-electron chi connectivity index (χ3n) is 8.55. The number of piperidine rings is 1. The van der Waals surface area contributed by atoms with Crippen LogP contribution < -0.4 is 30.9 Å². The highest BCUT2D eigenvalue weighted by molar-refractivity contribution is 9.10. The van der Waals surface area contributed by atoms with Gasteiger partial charge in [0.05, 0.1) is 28.3 Å². The van der Waals surface area contributed by atoms with Gasteiger partial charge in [0.2, 0.25) is 5.95 Å². The number of nitrogens with zero attached hydrogens (tertiary/aromatic N) is 6. The average molecular weight is 679 g/mol. The summed E-state index contributed by atoms with van der Waals surface area (Å²) in [5, 5.41) is 11.7. The van der Waals surface area contributed by atoms with Crippen molar-refractivity contribution in [1.82, 2.24) is 30.2 Å². The summed E-state index contributed by atoms with van der Waals surface area (Å²) in [4.78, 5) is 23.6. The van der Waals surface area contributed by atoms with Crippen LogP contribution in [0.25, 0.3) is 11.0 Å². The van der Waals surface area contributed by atoms with Crippen molar-refractivity contribution in [2.24, 2.45) is 0 Å². The van der Waals surface area contributed by atoms with Gasteiger partial charge in [-0.1, -0.05) is 14.8 Å². The van der Waals surface area contributed by atoms with Crippen LogP contribution in [0.4, 0.5) is 28.8 Å². The molecule has 44 heavy (non-hydrogen) atoms. The van der Waals surface area contributed by atoms with E-state index in [-0.39, 0.29) is 0 Å². The first-order chi connectivity index (χ1) is 21.3. The van der Waals surface area contributed by atoms with Gasteiger partial charge < -0.3 is 25.6 Å². The van der Waals surface area contributed by atoms with Gasteiger partial charge in [-0.25, -0.2) is 4.98 Å². The highest BCUT2D eigenvalue weighted by Gasteiger charge is 2.34. The lowest BCUT2D eigenvalue weighted by Gasteiger charge is -2.47. The Labute approximate surface area is 269 Å². The van der Waals surface area contributed by atoms with Crippen LogP contribution in [0.15, 0.2) is 47.3 Å². The lowest BCUT2D eigenvalue weighted by molar-refractivity contribution is 0.0638. The summed E-state index contributed by atoms with van der Waals surface area (Å²) in [7, 11) is 1.25. The minimum atomic E-state index is -0.461. The molecular weight excluding hydrogens is 637 g/mol. The number of anilines is 5. The summed E-state index contributed by atoms with van der Waals surface area (Å²) in [6.45, 7) is 14.3. The van der Waals surface area contributed by atoms with Gasteiger partial charge in [-0.15, -0.1) is 0 Å². The number of rotatable bonds is 10. The number of nitrogens with one attached hydrogen (secondary N) is 3. The predicted octanol–water partition coefficient (Wildman–Crippen LogP) is 5.62. The molecule has 2 aromatic heterocycles. The maximum atomic E-state index is 5.86. The van der Waals surface area contributed by atoms with Crippen molar-refractivity contribution >= 4 is 69.0 Å². The number of benzene rings is 2. The van der Waals surface area contributed by atoms with Crippen molar-refractivity contribution in [3.05, 3.63) is 52.9 Å². The molecule has 0 spiro atoms. The SMILES string of the molecule is CCNC1CN(C2CCN(c3cc(OC)c(Nc4ncc(Br)c(Nc5ccc6nccnc6c5P(C)C)n4)cc3C)CC2)C1. The number of likely N-dealkylation sites (N-methyl/N-ethyl adjacent to an activating group) is 1. The number of methoxy groups -OCH3 is 1. The first-order valence-electron chi connectivity index (χ1n) is 15.2. The lowest BCUT2D eigenvalue weighted by Crippen LogP contribution is -2.62. The van der Waals surface area contributed by atoms with Crippen molar-refractivity contribution in [2.75, 3.05) is 68.7 Å². The number of ether oxygens (including phenoxy) is 1. The van der Waals surface area contributed by atoms with Crippen LogP contribution in [0.5, 0.6) is 5.75 Å². The van der Waals surface area contributed by atoms with Crippen molar-refractivity contribution in [3.63, 3.8) is 0 Å². The topological polar surface area (TPSA) is 103 Å². The van der Waals surface area contributed by atoms with Gasteiger partial charge in [-0.3, -0.25) is 14.9 Å². The number of likely N-dealkylation sites (tertiary alicyclic amines) is 1. The Morgan fingerprint density at radius 3 is 2.52 bits per heavy atom. The molecule has 2 aliphatic rings. The highest BCUT2D eigenvalue weighted by atomic mass is 79.9. The fraction of sp³-hybridized carbons (Fsp3) is 0.438. The first kappa shape index (κ1) is 30.9. The van der Waals surface area contributed by atoms with E-state index in [4.69, 9.17) is 9.72 Å². The molecule has 0 amide bonds. The van der Waals surface area contributed by atoms with Crippen molar-refractivity contribution in [3.8, 4) is 5.75 Å². The van der Waals surface area contributed by atoms with Gasteiger partial charge in [0, 0.05) is 79.6 Å². The van der Waals surface area contributed by atoms with E-state index >= 15 is 0 Å². The minimum Gasteiger partial charge on any atom is -0.494 e. The number of halogens is 1. The Kier molecular flexibility index (Phi) is 9.47. The smallest absolute Gasteiger partial charge is 0.229 e. The maximum Gasteiger partial charge on any atom is 0.229 e. The van der Waals surface area contributed by atoms with Crippen LogP contribution >= 0.6 is 23.9 Å². The molecule has 0 atom stereocenters. The monoisotopic (exact) mass is 677 g/mol. The van der Waals surface area contributed by atoms with Gasteiger partial charge in [-0.05, 0) is 79.3 Å². The Morgan fingerprint density at radius 1 is 1.02 bits per heavy atom. The molecule has 0 aliphatic carbocycles. The normalized spacial score (nSPS) is 16.4. The molecule has 0 unspecified atom stereocenters. The zero-order valence-corrected chi connectivity index (χ0v) is 28.5. The maximum absolute atomic E-state index is 5.86. The Morgan fingerprint density at radius 2 is 1.80 bits per heavy atom. The summed E-state index contributed by atoms with van der Waals surface area (Å²) in [6, 6.07) is 9.67. The minimum absolute atomic E-state index is 0.461. The molecule has 3 N–H and O–H groups in total. The Bertz CT molecular complexity index is 1620. The Hall–Kier alpha value is -3.11. The highest BCUT2D eigenvalue weighted by Crippen LogP contribution is 2.38. The van der Waals surface area contributed by atoms with Crippen LogP contribution in [0.2, 0.25) is 0 Å². The molecule has 4 heterocycles. The van der Waals surface area contributed by atoms with Crippen molar-refractivity contribution in [1.29, 1.82) is 0 Å². The summed E-state index contributed by atoms with van der Waals surface area (Å²) < 4.78 is 6.63. The van der Waals surface area contributed by atoms with Gasteiger partial charge >= 0.3 is 0 Å². The first-order valence-corrected chi connectivity index (χ1v) is 18.3. The molecule has 2 saturated heterocycles. The molecule has 0 bridgehead atoms. The number of aromatic nitrogens is 4. The van der Waals surface area contributed by atoms with E-state index in [0.717, 1.165) is 57.6 Å². The Balaban J connectivity index is 1.18. The molecule has 2 fully saturated rings. The molecule has 0 radical (unpaired) electrons. The molecule has 2 aromatic carbocycles. The molecule has 12 heteroatoms. The van der Waals surface area contributed by atoms with E-state index in [0.29, 0.717) is 23.8 Å². The summed E-state index contributed by atoms with van der Waals surface area (Å²) >= 11 is 3.63. The third kappa shape index (κ3) is 6.47. The summed E-state index contributed by atoms with van der Waals surface area (Å²) in [5.74, 6) is 1.91. The molecule has 0 saturated carbocycles. The fourth-order valence-corrected chi connectivity index (χ4v) is 7.82. The molecule has 232 valence electrons. The third-order valence-corrected chi connectivity index (χ3v) is 10.5. The van der Waals surface area contributed by atoms with Gasteiger partial charge in [0.1, 0.15) is 11.6 Å². The second-order valence-electron chi connectivity index (χ2n) is 11.7. The largest absolute Gasteiger partial charge is 0.494 e.